The molecular formula is C29H33FN6O2. The molecule has 1 saturated heterocycles. The molecule has 0 bridgehead atoms. The number of piperidine rings is 1. The summed E-state index contributed by atoms with van der Waals surface area (Å²) < 4.78 is 17.4. The molecule has 1 amide bonds. The van der Waals surface area contributed by atoms with Gasteiger partial charge in [-0.15, -0.1) is 0 Å². The Hall–Kier alpha value is -4.27. The summed E-state index contributed by atoms with van der Waals surface area (Å²) in [6.45, 7) is 6.19. The smallest absolute Gasteiger partial charge is 0.266 e. The summed E-state index contributed by atoms with van der Waals surface area (Å²) in [6, 6.07) is 10.3. The highest BCUT2D eigenvalue weighted by atomic mass is 19.1. The third-order valence-corrected chi connectivity index (χ3v) is 7.87. The number of rotatable bonds is 6. The van der Waals surface area contributed by atoms with Crippen molar-refractivity contribution in [2.24, 2.45) is 0 Å². The fourth-order valence-electron chi connectivity index (χ4n) is 5.63. The molecule has 1 atom stereocenters. The van der Waals surface area contributed by atoms with Crippen LogP contribution in [0.25, 0.3) is 22.2 Å². The zero-order chi connectivity index (χ0) is 26.4. The lowest BCUT2D eigenvalue weighted by Crippen LogP contribution is -2.66. The van der Waals surface area contributed by atoms with E-state index in [1.54, 1.807) is 39.8 Å². The van der Waals surface area contributed by atoms with Crippen LogP contribution in [0, 0.1) is 5.82 Å². The quantitative estimate of drug-likeness (QED) is 0.380. The topological polar surface area (TPSA) is 93.8 Å². The first kappa shape index (κ1) is 24.1. The number of aromatic nitrogens is 4. The maximum Gasteiger partial charge on any atom is 0.266 e. The molecule has 4 aromatic rings. The van der Waals surface area contributed by atoms with Crippen molar-refractivity contribution in [1.82, 2.24) is 24.6 Å². The number of carbonyl (C=O) groups excluding carboxylic acids is 1. The molecule has 1 aliphatic heterocycles. The Labute approximate surface area is 222 Å². The van der Waals surface area contributed by atoms with E-state index in [9.17, 15) is 14.0 Å². The molecule has 1 aromatic carbocycles. The summed E-state index contributed by atoms with van der Waals surface area (Å²) in [5, 5.41) is 11.6. The summed E-state index contributed by atoms with van der Waals surface area (Å²) in [5.74, 6) is 0.428. The third-order valence-electron chi connectivity index (χ3n) is 7.87. The third kappa shape index (κ3) is 4.08. The van der Waals surface area contributed by atoms with Gasteiger partial charge in [0.25, 0.3) is 5.56 Å². The largest absolute Gasteiger partial charge is 0.365 e. The zero-order valence-corrected chi connectivity index (χ0v) is 21.2. The number of allylic oxidation sites excluding steroid dienone is 1. The molecule has 9 heteroatoms. The van der Waals surface area contributed by atoms with Gasteiger partial charge in [-0.25, -0.2) is 9.37 Å². The van der Waals surface area contributed by atoms with E-state index < -0.39 is 0 Å². The van der Waals surface area contributed by atoms with Crippen LogP contribution in [0.4, 0.5) is 10.2 Å². The number of fused-ring (bicyclic) bond motifs is 1. The van der Waals surface area contributed by atoms with Crippen molar-refractivity contribution in [3.8, 4) is 5.69 Å². The van der Waals surface area contributed by atoms with Gasteiger partial charge < -0.3 is 10.6 Å². The summed E-state index contributed by atoms with van der Waals surface area (Å²) >= 11 is 0. The van der Waals surface area contributed by atoms with Gasteiger partial charge in [0.1, 0.15) is 11.6 Å². The fraction of sp³-hybridized carbons (Fsp3) is 0.310. The van der Waals surface area contributed by atoms with Gasteiger partial charge in [0.05, 0.1) is 40.9 Å². The van der Waals surface area contributed by atoms with Crippen molar-refractivity contribution < 1.29 is 12.0 Å². The van der Waals surface area contributed by atoms with Crippen LogP contribution in [0.5, 0.6) is 0 Å². The fourth-order valence-corrected chi connectivity index (χ4v) is 5.63. The lowest BCUT2D eigenvalue weighted by molar-refractivity contribution is -0.127. The Morgan fingerprint density at radius 3 is 2.82 bits per heavy atom. The van der Waals surface area contributed by atoms with Crippen molar-refractivity contribution in [2.45, 2.75) is 57.2 Å². The van der Waals surface area contributed by atoms with Gasteiger partial charge in [-0.3, -0.25) is 18.8 Å². The number of hydrogen-bond donors (Lipinski definition) is 2. The summed E-state index contributed by atoms with van der Waals surface area (Å²) in [4.78, 5) is 30.3. The predicted octanol–water partition coefficient (Wildman–Crippen LogP) is 4.91. The SMILES string of the molecule is C=C(C)c1cnc(NC2CCC(=O)NC23CCC3)cc1-n1ccc2c(cnn2Cc2ccccc2F)c1=O.[HH].[HH]. The van der Waals surface area contributed by atoms with E-state index in [2.05, 4.69) is 27.3 Å². The van der Waals surface area contributed by atoms with Gasteiger partial charge in [-0.1, -0.05) is 24.8 Å². The minimum atomic E-state index is -0.311. The number of pyridine rings is 2. The second-order valence-corrected chi connectivity index (χ2v) is 10.3. The highest BCUT2D eigenvalue weighted by Crippen LogP contribution is 2.40. The van der Waals surface area contributed by atoms with E-state index in [4.69, 9.17) is 0 Å². The molecule has 1 aliphatic carbocycles. The molecular weight excluding hydrogens is 483 g/mol. The average molecular weight is 517 g/mol. The van der Waals surface area contributed by atoms with E-state index >= 15 is 0 Å². The lowest BCUT2D eigenvalue weighted by Gasteiger charge is -2.51. The number of amides is 1. The van der Waals surface area contributed by atoms with Gasteiger partial charge in [-0.05, 0) is 50.3 Å². The van der Waals surface area contributed by atoms with E-state index in [0.29, 0.717) is 34.4 Å². The molecule has 6 rings (SSSR count). The van der Waals surface area contributed by atoms with Crippen LogP contribution in [0.3, 0.4) is 0 Å². The second-order valence-electron chi connectivity index (χ2n) is 10.3. The molecule has 2 fully saturated rings. The predicted molar refractivity (Wildman–Crippen MR) is 149 cm³/mol. The maximum absolute atomic E-state index is 14.2. The summed E-state index contributed by atoms with van der Waals surface area (Å²) in [6.07, 6.45) is 9.16. The molecule has 38 heavy (non-hydrogen) atoms. The normalized spacial score (nSPS) is 18.3. The summed E-state index contributed by atoms with van der Waals surface area (Å²) in [7, 11) is 0. The van der Waals surface area contributed by atoms with Gasteiger partial charge in [0.15, 0.2) is 0 Å². The van der Waals surface area contributed by atoms with Gasteiger partial charge in [0, 0.05) is 38.9 Å². The molecule has 3 aromatic heterocycles. The number of halogens is 1. The van der Waals surface area contributed by atoms with Crippen LogP contribution in [-0.4, -0.2) is 36.8 Å². The van der Waals surface area contributed by atoms with Crippen molar-refractivity contribution in [1.29, 1.82) is 0 Å². The van der Waals surface area contributed by atoms with E-state index in [1.807, 2.05) is 19.1 Å². The first-order chi connectivity index (χ1) is 18.3. The number of nitrogens with zero attached hydrogens (tertiary/aromatic N) is 4. The van der Waals surface area contributed by atoms with Crippen molar-refractivity contribution in [2.75, 3.05) is 5.32 Å². The summed E-state index contributed by atoms with van der Waals surface area (Å²) in [5.41, 5.74) is 2.86. The molecule has 8 nitrogen and oxygen atoms in total. The highest BCUT2D eigenvalue weighted by Gasteiger charge is 2.47. The monoisotopic (exact) mass is 516 g/mol. The molecule has 2 N–H and O–H groups in total. The Kier molecular flexibility index (Phi) is 5.86. The molecule has 1 saturated carbocycles. The standard InChI is InChI=1S/C29H29FN6O2.2H2/c1-18(2)20-15-31-26(33-25-8-9-27(37)34-29(25)11-5-12-29)14-24(20)35-13-10-23-21(28(35)38)16-32-36(23)17-19-6-3-4-7-22(19)30;;/h3-4,6-7,10,13-16,25H,1,5,8-9,11-12,17H2,2H3,(H,31,33)(H,34,37);2*1H. The minimum Gasteiger partial charge on any atom is -0.365 e. The molecule has 1 spiro atoms. The lowest BCUT2D eigenvalue weighted by atomic mass is 9.68. The number of benzene rings is 1. The van der Waals surface area contributed by atoms with E-state index in [1.165, 1.54) is 12.3 Å². The second kappa shape index (κ2) is 9.24. The number of nitrogens with one attached hydrogen (secondary N) is 2. The zero-order valence-electron chi connectivity index (χ0n) is 21.2. The maximum atomic E-state index is 14.2. The minimum absolute atomic E-state index is 0. The van der Waals surface area contributed by atoms with Crippen LogP contribution >= 0.6 is 0 Å². The van der Waals surface area contributed by atoms with Crippen molar-refractivity contribution in [3.05, 3.63) is 88.9 Å². The van der Waals surface area contributed by atoms with Gasteiger partial charge >= 0.3 is 0 Å². The first-order valence-corrected chi connectivity index (χ1v) is 12.9. The Morgan fingerprint density at radius 1 is 1.26 bits per heavy atom. The van der Waals surface area contributed by atoms with Crippen LogP contribution in [0.1, 0.15) is 53.0 Å². The van der Waals surface area contributed by atoms with Gasteiger partial charge in [-0.2, -0.15) is 5.10 Å². The first-order valence-electron chi connectivity index (χ1n) is 12.9. The van der Waals surface area contributed by atoms with Crippen molar-refractivity contribution >= 4 is 28.2 Å². The molecule has 198 valence electrons. The average Bonchev–Trinajstić information content (AvgIpc) is 3.29. The number of carbonyl (C=O) groups is 1. The molecule has 2 aliphatic rings. The molecule has 4 heterocycles. The van der Waals surface area contributed by atoms with Crippen LogP contribution in [-0.2, 0) is 11.3 Å². The molecule has 0 radical (unpaired) electrons. The highest BCUT2D eigenvalue weighted by molar-refractivity contribution is 5.80. The van der Waals surface area contributed by atoms with Crippen molar-refractivity contribution in [3.63, 3.8) is 0 Å². The van der Waals surface area contributed by atoms with Crippen LogP contribution < -0.4 is 16.2 Å². The Balaban J connectivity index is 0.00000185. The molecule has 1 unspecified atom stereocenters. The number of anilines is 1. The Morgan fingerprint density at radius 2 is 2.08 bits per heavy atom. The van der Waals surface area contributed by atoms with Gasteiger partial charge in [0.2, 0.25) is 5.91 Å². The number of hydrogen-bond acceptors (Lipinski definition) is 5. The Bertz CT molecular complexity index is 1650. The van der Waals surface area contributed by atoms with Crippen LogP contribution in [0.2, 0.25) is 0 Å². The van der Waals surface area contributed by atoms with Crippen LogP contribution in [0.15, 0.2) is 66.4 Å². The van der Waals surface area contributed by atoms with E-state index in [0.717, 1.165) is 36.8 Å². The van der Waals surface area contributed by atoms with E-state index in [-0.39, 0.29) is 38.3 Å².